The van der Waals surface area contributed by atoms with Gasteiger partial charge in [0.25, 0.3) is 0 Å². The van der Waals surface area contributed by atoms with Crippen LogP contribution in [0.15, 0.2) is 0 Å². The van der Waals surface area contributed by atoms with Crippen LogP contribution in [0, 0.1) is 0 Å². The van der Waals surface area contributed by atoms with Crippen LogP contribution in [0.3, 0.4) is 0 Å². The Morgan fingerprint density at radius 3 is 1.43 bits per heavy atom. The first-order valence-electron chi connectivity index (χ1n) is 0.651. The summed E-state index contributed by atoms with van der Waals surface area (Å²) < 4.78 is 0. The maximum atomic E-state index is 8.56. The second kappa shape index (κ2) is 15.8. The average Bonchev–Trinajstić information content (AvgIpc) is 0.811. The predicted molar refractivity (Wildman–Crippen MR) is 22.2 cm³/mol. The Balaban J connectivity index is -0.00000000300. The molecule has 0 bridgehead atoms. The van der Waals surface area contributed by atoms with Crippen molar-refractivity contribution in [3.63, 3.8) is 0 Å². The zero-order valence-corrected chi connectivity index (χ0v) is 10.5. The molecular weight excluding hydrogens is 206 g/mol. The second-order valence-corrected chi connectivity index (χ2v) is 0.283. The van der Waals surface area contributed by atoms with Crippen molar-refractivity contribution in [1.29, 1.82) is 0 Å². The van der Waals surface area contributed by atoms with Crippen molar-refractivity contribution in [2.45, 2.75) is 0 Å². The van der Waals surface area contributed by atoms with Gasteiger partial charge in [-0.15, -0.1) is 0 Å². The molecule has 3 nitrogen and oxygen atoms in total. The molecular formula is CH6FKO3Sr. The van der Waals surface area contributed by atoms with Crippen LogP contribution in [-0.4, -0.2) is 61.9 Å². The molecule has 0 aromatic rings. The molecule has 0 aromatic carbocycles. The standard InChI is InChI=1S/CH2O3.FH.K.Sr.3H/c2-1(3)4;;;;;;/h(H2,2,3,4);1H;;;;;/q;;+1;+2;3*-1. The van der Waals surface area contributed by atoms with Gasteiger partial charge in [-0.1, -0.05) is 0 Å². The summed E-state index contributed by atoms with van der Waals surface area (Å²) in [5, 5.41) is 13.9. The zero-order chi connectivity index (χ0) is 3.58. The van der Waals surface area contributed by atoms with Crippen molar-refractivity contribution in [3.8, 4) is 0 Å². The number of carboxylic acid groups (broad SMARTS) is 2. The molecule has 0 heterocycles. The van der Waals surface area contributed by atoms with Gasteiger partial charge in [0.15, 0.2) is 0 Å². The fraction of sp³-hybridized carbons (Fsp3) is 0. The smallest absolute Gasteiger partial charge is 1.00 e. The van der Waals surface area contributed by atoms with Gasteiger partial charge in [-0.2, -0.15) is 0 Å². The van der Waals surface area contributed by atoms with Gasteiger partial charge >= 0.3 is 103 Å². The van der Waals surface area contributed by atoms with Crippen LogP contribution in [0.25, 0.3) is 0 Å². The Morgan fingerprint density at radius 2 is 1.43 bits per heavy atom. The fourth-order valence-electron chi connectivity index (χ4n) is 0. The van der Waals surface area contributed by atoms with Gasteiger partial charge in [-0.05, 0) is 0 Å². The molecule has 0 fully saturated rings. The van der Waals surface area contributed by atoms with Gasteiger partial charge < -0.3 is 14.5 Å². The topological polar surface area (TPSA) is 57.5 Å². The zero-order valence-electron chi connectivity index (χ0n) is 6.92. The van der Waals surface area contributed by atoms with E-state index in [1.165, 1.54) is 0 Å². The largest absolute Gasteiger partial charge is 2.00 e. The van der Waals surface area contributed by atoms with Gasteiger partial charge in [0, 0.05) is 0 Å². The number of halogens is 1. The van der Waals surface area contributed by atoms with Crippen LogP contribution in [0.2, 0.25) is 0 Å². The van der Waals surface area contributed by atoms with E-state index >= 15 is 0 Å². The van der Waals surface area contributed by atoms with E-state index < -0.39 is 6.16 Å². The molecule has 0 amide bonds. The number of rotatable bonds is 0. The summed E-state index contributed by atoms with van der Waals surface area (Å²) in [6.07, 6.45) is -1.83. The molecule has 0 radical (unpaired) electrons. The second-order valence-electron chi connectivity index (χ2n) is 0.283. The van der Waals surface area contributed by atoms with E-state index in [9.17, 15) is 0 Å². The molecule has 0 aliphatic rings. The van der Waals surface area contributed by atoms with Crippen LogP contribution in [-0.2, 0) is 0 Å². The van der Waals surface area contributed by atoms with Crippen molar-refractivity contribution in [3.05, 3.63) is 0 Å². The van der Waals surface area contributed by atoms with E-state index in [4.69, 9.17) is 15.0 Å². The third-order valence-corrected chi connectivity index (χ3v) is 0. The molecule has 0 spiro atoms. The summed E-state index contributed by atoms with van der Waals surface area (Å²) in [6.45, 7) is 0. The molecule has 0 rings (SSSR count). The molecule has 0 aliphatic carbocycles. The van der Waals surface area contributed by atoms with Crippen molar-refractivity contribution < 1.29 is 75.4 Å². The Morgan fingerprint density at radius 1 is 1.43 bits per heavy atom. The van der Waals surface area contributed by atoms with E-state index in [1.807, 2.05) is 0 Å². The van der Waals surface area contributed by atoms with Gasteiger partial charge in [0.2, 0.25) is 0 Å². The first kappa shape index (κ1) is 22.8. The first-order chi connectivity index (χ1) is 1.73. The monoisotopic (exact) mass is 212 g/mol. The van der Waals surface area contributed by atoms with E-state index in [2.05, 4.69) is 0 Å². The third kappa shape index (κ3) is 61.8. The maximum Gasteiger partial charge on any atom is 2.00 e. The quantitative estimate of drug-likeness (QED) is 0.430. The third-order valence-electron chi connectivity index (χ3n) is 0. The molecule has 0 unspecified atom stereocenters. The van der Waals surface area contributed by atoms with Crippen LogP contribution < -0.4 is 51.4 Å². The molecule has 0 saturated carbocycles. The molecule has 0 aliphatic heterocycles. The number of hydrogen-bond acceptors (Lipinski definition) is 1. The van der Waals surface area contributed by atoms with Gasteiger partial charge in [-0.25, -0.2) is 4.79 Å². The van der Waals surface area contributed by atoms with Gasteiger partial charge in [-0.3, -0.25) is 4.70 Å². The van der Waals surface area contributed by atoms with E-state index in [-0.39, 0.29) is 106 Å². The van der Waals surface area contributed by atoms with Crippen LogP contribution in [0.4, 0.5) is 9.50 Å². The minimum absolute atomic E-state index is 0. The summed E-state index contributed by atoms with van der Waals surface area (Å²) in [5.74, 6) is 0. The maximum absolute atomic E-state index is 8.56. The molecule has 7 heavy (non-hydrogen) atoms. The molecule has 2 N–H and O–H groups in total. The minimum atomic E-state index is -1.83. The average molecular weight is 212 g/mol. The van der Waals surface area contributed by atoms with Crippen LogP contribution in [0.1, 0.15) is 4.28 Å². The molecule has 0 atom stereocenters. The van der Waals surface area contributed by atoms with Crippen molar-refractivity contribution >= 4 is 51.6 Å². The summed E-state index contributed by atoms with van der Waals surface area (Å²) >= 11 is 0. The van der Waals surface area contributed by atoms with E-state index in [1.54, 1.807) is 0 Å². The fourth-order valence-corrected chi connectivity index (χ4v) is 0. The summed E-state index contributed by atoms with van der Waals surface area (Å²) in [5.41, 5.74) is 0. The number of hydrogen-bond donors (Lipinski definition) is 2. The Hall–Kier alpha value is 2.32. The minimum Gasteiger partial charge on any atom is -1.00 e. The summed E-state index contributed by atoms with van der Waals surface area (Å²) in [4.78, 5) is 8.56. The Kier molecular flexibility index (Phi) is 51.3. The summed E-state index contributed by atoms with van der Waals surface area (Å²) in [6, 6.07) is 0. The van der Waals surface area contributed by atoms with Gasteiger partial charge in [0.1, 0.15) is 0 Å². The Bertz CT molecular complexity index is 46.7. The Labute approximate surface area is 124 Å². The molecule has 6 heteroatoms. The molecule has 38 valence electrons. The number of carbonyl (C=O) groups is 1. The van der Waals surface area contributed by atoms with Crippen molar-refractivity contribution in [1.82, 2.24) is 0 Å². The summed E-state index contributed by atoms with van der Waals surface area (Å²) in [7, 11) is 0. The van der Waals surface area contributed by atoms with Crippen molar-refractivity contribution in [2.75, 3.05) is 0 Å². The van der Waals surface area contributed by atoms with Crippen molar-refractivity contribution in [2.24, 2.45) is 0 Å². The van der Waals surface area contributed by atoms with Crippen LogP contribution >= 0.6 is 0 Å². The van der Waals surface area contributed by atoms with Gasteiger partial charge in [0.05, 0.1) is 0 Å². The normalized spacial score (nSPS) is 3.43. The SMILES string of the molecule is F.O=C(O)O.[H-].[H-].[H-].[K+].[Sr+2]. The molecule has 0 aromatic heterocycles. The predicted octanol–water partition coefficient (Wildman–Crippen LogP) is -2.66. The van der Waals surface area contributed by atoms with E-state index in [0.717, 1.165) is 0 Å². The van der Waals surface area contributed by atoms with E-state index in [0.29, 0.717) is 0 Å². The first-order valence-corrected chi connectivity index (χ1v) is 0.651. The molecule has 0 saturated heterocycles. The van der Waals surface area contributed by atoms with Crippen LogP contribution in [0.5, 0.6) is 0 Å².